The highest BCUT2D eigenvalue weighted by Gasteiger charge is 1.94. The van der Waals surface area contributed by atoms with Crippen LogP contribution in [0.15, 0.2) is 23.4 Å². The third-order valence-electron chi connectivity index (χ3n) is 1.09. The van der Waals surface area contributed by atoms with Crippen molar-refractivity contribution < 1.29 is 0 Å². The summed E-state index contributed by atoms with van der Waals surface area (Å²) in [5.74, 6) is 0. The van der Waals surface area contributed by atoms with Crippen molar-refractivity contribution in [2.75, 3.05) is 5.33 Å². The Bertz CT molecular complexity index is 189. The van der Waals surface area contributed by atoms with Gasteiger partial charge in [-0.05, 0) is 28.0 Å². The van der Waals surface area contributed by atoms with Gasteiger partial charge < -0.3 is 0 Å². The molecule has 0 unspecified atom stereocenters. The Hall–Kier alpha value is -0.0800. The van der Waals surface area contributed by atoms with Gasteiger partial charge in [-0.1, -0.05) is 22.5 Å². The fourth-order valence-electron chi connectivity index (χ4n) is 0.543. The minimum atomic E-state index is 0.865. The predicted molar refractivity (Wildman–Crippen MR) is 47.1 cm³/mol. The van der Waals surface area contributed by atoms with Crippen molar-refractivity contribution in [1.29, 1.82) is 0 Å². The Morgan fingerprint density at radius 1 is 1.78 bits per heavy atom. The van der Waals surface area contributed by atoms with Crippen LogP contribution in [-0.2, 0) is 0 Å². The van der Waals surface area contributed by atoms with E-state index in [2.05, 4.69) is 39.3 Å². The largest absolute Gasteiger partial charge is 0.152 e. The number of hydrogen-bond donors (Lipinski definition) is 0. The maximum absolute atomic E-state index is 3.88. The van der Waals surface area contributed by atoms with Crippen LogP contribution in [0.1, 0.15) is 5.56 Å². The van der Waals surface area contributed by atoms with Gasteiger partial charge in [0.15, 0.2) is 0 Å². The second kappa shape index (κ2) is 3.18. The van der Waals surface area contributed by atoms with Gasteiger partial charge in [-0.15, -0.1) is 0 Å². The molecule has 0 nitrogen and oxygen atoms in total. The molecule has 0 fully saturated rings. The predicted octanol–water partition coefficient (Wildman–Crippen LogP) is 3.16. The van der Waals surface area contributed by atoms with Crippen LogP contribution >= 0.6 is 27.3 Å². The summed E-state index contributed by atoms with van der Waals surface area (Å²) in [6, 6.07) is 2.08. The topological polar surface area (TPSA) is 0 Å². The van der Waals surface area contributed by atoms with E-state index in [-0.39, 0.29) is 0 Å². The van der Waals surface area contributed by atoms with Crippen molar-refractivity contribution in [3.05, 3.63) is 29.0 Å². The van der Waals surface area contributed by atoms with Gasteiger partial charge in [0.05, 0.1) is 0 Å². The molecule has 0 aliphatic rings. The van der Waals surface area contributed by atoms with Crippen LogP contribution in [-0.4, -0.2) is 5.33 Å². The molecular formula is C7H7BrS. The molecule has 0 aromatic carbocycles. The molecule has 48 valence electrons. The molecular weight excluding hydrogens is 196 g/mol. The Balaban J connectivity index is 2.77. The van der Waals surface area contributed by atoms with Gasteiger partial charge >= 0.3 is 0 Å². The Kier molecular flexibility index (Phi) is 2.49. The molecule has 1 heterocycles. The molecule has 0 bridgehead atoms. The van der Waals surface area contributed by atoms with Crippen LogP contribution in [0.4, 0.5) is 0 Å². The third kappa shape index (κ3) is 1.66. The maximum atomic E-state index is 3.88. The van der Waals surface area contributed by atoms with E-state index in [1.807, 2.05) is 0 Å². The van der Waals surface area contributed by atoms with Gasteiger partial charge in [-0.3, -0.25) is 0 Å². The molecule has 0 saturated carbocycles. The van der Waals surface area contributed by atoms with Crippen molar-refractivity contribution in [2.45, 2.75) is 0 Å². The molecule has 9 heavy (non-hydrogen) atoms. The van der Waals surface area contributed by atoms with E-state index in [1.165, 1.54) is 5.56 Å². The van der Waals surface area contributed by atoms with Crippen LogP contribution in [0, 0.1) is 0 Å². The van der Waals surface area contributed by atoms with Crippen molar-refractivity contribution in [3.63, 3.8) is 0 Å². The number of hydrogen-bond acceptors (Lipinski definition) is 1. The highest BCUT2D eigenvalue weighted by molar-refractivity contribution is 9.09. The second-order valence-corrected chi connectivity index (χ2v) is 3.09. The van der Waals surface area contributed by atoms with Gasteiger partial charge in [0, 0.05) is 5.33 Å². The lowest BCUT2D eigenvalue weighted by atomic mass is 10.2. The van der Waals surface area contributed by atoms with Crippen LogP contribution in [0.5, 0.6) is 0 Å². The SMILES string of the molecule is C=C(CBr)c1ccsc1. The molecule has 1 aromatic rings. The number of alkyl halides is 1. The highest BCUT2D eigenvalue weighted by atomic mass is 79.9. The van der Waals surface area contributed by atoms with Crippen molar-refractivity contribution >= 4 is 32.8 Å². The minimum Gasteiger partial charge on any atom is -0.152 e. The Morgan fingerprint density at radius 3 is 3.00 bits per heavy atom. The summed E-state index contributed by atoms with van der Waals surface area (Å²) in [6.45, 7) is 3.88. The number of rotatable bonds is 2. The average molecular weight is 203 g/mol. The summed E-state index contributed by atoms with van der Waals surface area (Å²) in [6.07, 6.45) is 0. The zero-order valence-electron chi connectivity index (χ0n) is 4.93. The molecule has 0 atom stereocenters. The molecule has 0 N–H and O–H groups in total. The van der Waals surface area contributed by atoms with Crippen LogP contribution < -0.4 is 0 Å². The van der Waals surface area contributed by atoms with Gasteiger partial charge in [0.1, 0.15) is 0 Å². The normalized spacial score (nSPS) is 9.44. The average Bonchev–Trinajstić information content (AvgIpc) is 2.37. The molecule has 0 aliphatic heterocycles. The molecule has 0 amide bonds. The van der Waals surface area contributed by atoms with E-state index in [0.29, 0.717) is 0 Å². The van der Waals surface area contributed by atoms with Gasteiger partial charge in [-0.2, -0.15) is 11.3 Å². The lowest BCUT2D eigenvalue weighted by molar-refractivity contribution is 1.72. The molecule has 0 aliphatic carbocycles. The minimum absolute atomic E-state index is 0.865. The van der Waals surface area contributed by atoms with E-state index >= 15 is 0 Å². The summed E-state index contributed by atoms with van der Waals surface area (Å²) in [4.78, 5) is 0. The summed E-state index contributed by atoms with van der Waals surface area (Å²) >= 11 is 5.04. The standard InChI is InChI=1S/C7H7BrS/c1-6(4-8)7-2-3-9-5-7/h2-3,5H,1,4H2. The molecule has 2 heteroatoms. The first-order chi connectivity index (χ1) is 4.34. The number of halogens is 1. The number of allylic oxidation sites excluding steroid dienone is 1. The van der Waals surface area contributed by atoms with Crippen LogP contribution in [0.3, 0.4) is 0 Å². The molecule has 1 rings (SSSR count). The van der Waals surface area contributed by atoms with Crippen molar-refractivity contribution in [3.8, 4) is 0 Å². The lowest BCUT2D eigenvalue weighted by Gasteiger charge is -1.92. The van der Waals surface area contributed by atoms with Gasteiger partial charge in [-0.25, -0.2) is 0 Å². The van der Waals surface area contributed by atoms with E-state index in [0.717, 1.165) is 10.9 Å². The summed E-state index contributed by atoms with van der Waals surface area (Å²) in [5, 5.41) is 5.02. The number of thiophene rings is 1. The monoisotopic (exact) mass is 202 g/mol. The summed E-state index contributed by atoms with van der Waals surface area (Å²) < 4.78 is 0. The fraction of sp³-hybridized carbons (Fsp3) is 0.143. The first-order valence-electron chi connectivity index (χ1n) is 2.61. The first-order valence-corrected chi connectivity index (χ1v) is 4.67. The van der Waals surface area contributed by atoms with Crippen LogP contribution in [0.2, 0.25) is 0 Å². The maximum Gasteiger partial charge on any atom is 0.0283 e. The molecule has 1 aromatic heterocycles. The second-order valence-electron chi connectivity index (χ2n) is 1.75. The summed E-state index contributed by atoms with van der Waals surface area (Å²) in [7, 11) is 0. The zero-order chi connectivity index (χ0) is 6.69. The third-order valence-corrected chi connectivity index (χ3v) is 2.45. The van der Waals surface area contributed by atoms with E-state index in [1.54, 1.807) is 11.3 Å². The zero-order valence-corrected chi connectivity index (χ0v) is 7.33. The first kappa shape index (κ1) is 7.03. The molecule has 0 spiro atoms. The van der Waals surface area contributed by atoms with Crippen molar-refractivity contribution in [2.24, 2.45) is 0 Å². The Labute approximate surface area is 67.3 Å². The van der Waals surface area contributed by atoms with Crippen molar-refractivity contribution in [1.82, 2.24) is 0 Å². The summed E-state index contributed by atoms with van der Waals surface area (Å²) in [5.41, 5.74) is 2.40. The Morgan fingerprint density at radius 2 is 2.56 bits per heavy atom. The van der Waals surface area contributed by atoms with Crippen LogP contribution in [0.25, 0.3) is 5.57 Å². The van der Waals surface area contributed by atoms with E-state index in [4.69, 9.17) is 0 Å². The van der Waals surface area contributed by atoms with Gasteiger partial charge in [0.25, 0.3) is 0 Å². The lowest BCUT2D eigenvalue weighted by Crippen LogP contribution is -1.76. The molecule has 0 saturated heterocycles. The quantitative estimate of drug-likeness (QED) is 0.647. The molecule has 0 radical (unpaired) electrons. The fourth-order valence-corrected chi connectivity index (χ4v) is 1.56. The smallest absolute Gasteiger partial charge is 0.0283 e. The van der Waals surface area contributed by atoms with Gasteiger partial charge in [0.2, 0.25) is 0 Å². The van der Waals surface area contributed by atoms with E-state index in [9.17, 15) is 0 Å². The highest BCUT2D eigenvalue weighted by Crippen LogP contribution is 2.16. The van der Waals surface area contributed by atoms with E-state index < -0.39 is 0 Å².